The van der Waals surface area contributed by atoms with Crippen molar-refractivity contribution in [2.75, 3.05) is 16.8 Å². The molecule has 0 spiro atoms. The zero-order chi connectivity index (χ0) is 23.3. The first-order chi connectivity index (χ1) is 15.2. The second-order valence-corrected chi connectivity index (χ2v) is 9.28. The Morgan fingerprint density at radius 3 is 2.59 bits per heavy atom. The zero-order valence-corrected chi connectivity index (χ0v) is 19.4. The van der Waals surface area contributed by atoms with E-state index in [0.29, 0.717) is 23.5 Å². The van der Waals surface area contributed by atoms with Gasteiger partial charge in [0, 0.05) is 12.6 Å². The summed E-state index contributed by atoms with van der Waals surface area (Å²) in [6.07, 6.45) is 8.01. The van der Waals surface area contributed by atoms with Crippen LogP contribution in [0.1, 0.15) is 72.6 Å². The third-order valence-corrected chi connectivity index (χ3v) is 5.29. The van der Waals surface area contributed by atoms with Crippen LogP contribution in [-0.4, -0.2) is 54.9 Å². The fourth-order valence-corrected chi connectivity index (χ4v) is 3.79. The van der Waals surface area contributed by atoms with E-state index in [-0.39, 0.29) is 18.5 Å². The van der Waals surface area contributed by atoms with Crippen molar-refractivity contribution < 1.29 is 19.4 Å². The van der Waals surface area contributed by atoms with Crippen molar-refractivity contribution in [2.24, 2.45) is 0 Å². The first-order valence-corrected chi connectivity index (χ1v) is 11.4. The number of carbonyl (C=O) groups is 2. The number of hydrogen-bond acceptors (Lipinski definition) is 7. The van der Waals surface area contributed by atoms with Gasteiger partial charge in [0.05, 0.1) is 6.33 Å². The fourth-order valence-electron chi connectivity index (χ4n) is 3.79. The van der Waals surface area contributed by atoms with Crippen LogP contribution in [0.3, 0.4) is 0 Å². The standard InChI is InChI=1S/C22H34N6O4/c1-5-6-9-12-28(21(31)32-22(2,3)4)20-25-18(24-15-10-7-8-11-15)17-19(26-20)27(14-23-17)13-16(29)30/h14-15H,5-13H2,1-4H3,(H,29,30)(H,24,25,26). The lowest BCUT2D eigenvalue weighted by molar-refractivity contribution is -0.137. The number of nitrogens with zero attached hydrogens (tertiary/aromatic N) is 5. The van der Waals surface area contributed by atoms with Crippen molar-refractivity contribution in [1.82, 2.24) is 19.5 Å². The quantitative estimate of drug-likeness (QED) is 0.550. The molecule has 0 aliphatic heterocycles. The number of carboxylic acid groups (broad SMARTS) is 1. The summed E-state index contributed by atoms with van der Waals surface area (Å²) in [5, 5.41) is 12.7. The van der Waals surface area contributed by atoms with Gasteiger partial charge in [0.2, 0.25) is 5.95 Å². The molecule has 0 bridgehead atoms. The predicted octanol–water partition coefficient (Wildman–Crippen LogP) is 4.20. The van der Waals surface area contributed by atoms with Crippen LogP contribution in [0.2, 0.25) is 0 Å². The van der Waals surface area contributed by atoms with Gasteiger partial charge in [-0.2, -0.15) is 9.97 Å². The molecule has 10 heteroatoms. The van der Waals surface area contributed by atoms with Gasteiger partial charge >= 0.3 is 12.1 Å². The van der Waals surface area contributed by atoms with Crippen LogP contribution in [0.5, 0.6) is 0 Å². The summed E-state index contributed by atoms with van der Waals surface area (Å²) in [7, 11) is 0. The summed E-state index contributed by atoms with van der Waals surface area (Å²) in [6, 6.07) is 0.264. The average Bonchev–Trinajstić information content (AvgIpc) is 3.34. The minimum Gasteiger partial charge on any atom is -0.480 e. The van der Waals surface area contributed by atoms with E-state index in [9.17, 15) is 14.7 Å². The Balaban J connectivity index is 2.04. The van der Waals surface area contributed by atoms with E-state index in [0.717, 1.165) is 44.9 Å². The molecular weight excluding hydrogens is 412 g/mol. The molecule has 1 aliphatic rings. The van der Waals surface area contributed by atoms with Gasteiger partial charge < -0.3 is 19.7 Å². The number of hydrogen-bond donors (Lipinski definition) is 2. The lowest BCUT2D eigenvalue weighted by Crippen LogP contribution is -2.38. The third-order valence-electron chi connectivity index (χ3n) is 5.29. The van der Waals surface area contributed by atoms with E-state index in [4.69, 9.17) is 4.74 Å². The van der Waals surface area contributed by atoms with Crippen LogP contribution in [0.25, 0.3) is 11.2 Å². The van der Waals surface area contributed by atoms with Crippen LogP contribution in [0, 0.1) is 0 Å². The van der Waals surface area contributed by atoms with Gasteiger partial charge in [-0.05, 0) is 40.0 Å². The molecule has 32 heavy (non-hydrogen) atoms. The number of amides is 1. The molecule has 0 radical (unpaired) electrons. The van der Waals surface area contributed by atoms with Crippen LogP contribution in [-0.2, 0) is 16.1 Å². The summed E-state index contributed by atoms with van der Waals surface area (Å²) in [4.78, 5) is 39.4. The highest BCUT2D eigenvalue weighted by Gasteiger charge is 2.28. The summed E-state index contributed by atoms with van der Waals surface area (Å²) in [6.45, 7) is 7.66. The van der Waals surface area contributed by atoms with Crippen molar-refractivity contribution in [2.45, 2.75) is 90.8 Å². The van der Waals surface area contributed by atoms with E-state index >= 15 is 0 Å². The van der Waals surface area contributed by atoms with Gasteiger partial charge in [-0.1, -0.05) is 32.6 Å². The lowest BCUT2D eigenvalue weighted by atomic mass is 10.2. The molecule has 2 aromatic heterocycles. The number of unbranched alkanes of at least 4 members (excludes halogenated alkanes) is 2. The first kappa shape index (κ1) is 23.7. The molecule has 176 valence electrons. The maximum Gasteiger partial charge on any atom is 0.417 e. The Bertz CT molecular complexity index is 946. The number of aliphatic carboxylic acids is 1. The maximum absolute atomic E-state index is 13.0. The number of fused-ring (bicyclic) bond motifs is 1. The summed E-state index contributed by atoms with van der Waals surface area (Å²) >= 11 is 0. The highest BCUT2D eigenvalue weighted by Crippen LogP contribution is 2.28. The molecule has 1 aliphatic carbocycles. The minimum atomic E-state index is -0.998. The van der Waals surface area contributed by atoms with Gasteiger partial charge in [-0.3, -0.25) is 4.79 Å². The van der Waals surface area contributed by atoms with Gasteiger partial charge in [0.15, 0.2) is 17.0 Å². The second-order valence-electron chi connectivity index (χ2n) is 9.28. The number of imidazole rings is 1. The molecule has 2 N–H and O–H groups in total. The number of anilines is 2. The molecule has 2 aromatic rings. The van der Waals surface area contributed by atoms with Crippen molar-refractivity contribution >= 4 is 35.0 Å². The molecule has 0 unspecified atom stereocenters. The minimum absolute atomic E-state index is 0.190. The Labute approximate surface area is 188 Å². The Morgan fingerprint density at radius 2 is 1.97 bits per heavy atom. The lowest BCUT2D eigenvalue weighted by Gasteiger charge is -2.26. The number of aromatic nitrogens is 4. The van der Waals surface area contributed by atoms with E-state index in [2.05, 4.69) is 27.2 Å². The number of nitrogens with one attached hydrogen (secondary N) is 1. The van der Waals surface area contributed by atoms with Gasteiger partial charge in [-0.15, -0.1) is 0 Å². The number of ether oxygens (including phenoxy) is 1. The van der Waals surface area contributed by atoms with Crippen LogP contribution >= 0.6 is 0 Å². The topological polar surface area (TPSA) is 122 Å². The van der Waals surface area contributed by atoms with E-state index in [1.165, 1.54) is 15.8 Å². The molecule has 1 saturated carbocycles. The highest BCUT2D eigenvalue weighted by atomic mass is 16.6. The van der Waals surface area contributed by atoms with Gasteiger partial charge in [-0.25, -0.2) is 14.7 Å². The van der Waals surface area contributed by atoms with Gasteiger partial charge in [0.1, 0.15) is 12.1 Å². The van der Waals surface area contributed by atoms with Crippen molar-refractivity contribution in [3.63, 3.8) is 0 Å². The molecule has 3 rings (SSSR count). The van der Waals surface area contributed by atoms with Gasteiger partial charge in [0.25, 0.3) is 0 Å². The fraction of sp³-hybridized carbons (Fsp3) is 0.682. The van der Waals surface area contributed by atoms with Crippen LogP contribution in [0.4, 0.5) is 16.6 Å². The average molecular weight is 447 g/mol. The van der Waals surface area contributed by atoms with Crippen molar-refractivity contribution in [3.05, 3.63) is 6.33 Å². The Morgan fingerprint density at radius 1 is 1.25 bits per heavy atom. The molecule has 0 saturated heterocycles. The molecule has 0 atom stereocenters. The first-order valence-electron chi connectivity index (χ1n) is 11.4. The zero-order valence-electron chi connectivity index (χ0n) is 19.4. The van der Waals surface area contributed by atoms with E-state index in [1.54, 1.807) is 0 Å². The van der Waals surface area contributed by atoms with Crippen LogP contribution < -0.4 is 10.2 Å². The van der Waals surface area contributed by atoms with Crippen LogP contribution in [0.15, 0.2) is 6.33 Å². The van der Waals surface area contributed by atoms with E-state index < -0.39 is 17.7 Å². The molecule has 2 heterocycles. The smallest absolute Gasteiger partial charge is 0.417 e. The van der Waals surface area contributed by atoms with Crippen molar-refractivity contribution in [3.8, 4) is 0 Å². The third kappa shape index (κ3) is 6.08. The summed E-state index contributed by atoms with van der Waals surface area (Å²) < 4.78 is 7.08. The summed E-state index contributed by atoms with van der Waals surface area (Å²) in [5.41, 5.74) is 0.210. The molecular formula is C22H34N6O4. The van der Waals surface area contributed by atoms with Crippen molar-refractivity contribution in [1.29, 1.82) is 0 Å². The molecule has 10 nitrogen and oxygen atoms in total. The predicted molar refractivity (Wildman–Crippen MR) is 122 cm³/mol. The largest absolute Gasteiger partial charge is 0.480 e. The highest BCUT2D eigenvalue weighted by molar-refractivity contribution is 5.90. The number of carboxylic acids is 1. The normalized spacial score (nSPS) is 14.6. The monoisotopic (exact) mass is 446 g/mol. The SMILES string of the molecule is CCCCCN(C(=O)OC(C)(C)C)c1nc(NC2CCCC2)c2ncn(CC(=O)O)c2n1. The molecule has 1 amide bonds. The Kier molecular flexibility index (Phi) is 7.52. The molecule has 1 fully saturated rings. The number of rotatable bonds is 9. The summed E-state index contributed by atoms with van der Waals surface area (Å²) in [5.74, 6) is -0.290. The second kappa shape index (κ2) is 10.1. The van der Waals surface area contributed by atoms with E-state index in [1.807, 2.05) is 20.8 Å². The molecule has 0 aromatic carbocycles. The number of carbonyl (C=O) groups excluding carboxylic acids is 1. The maximum atomic E-state index is 13.0. The Hall–Kier alpha value is -2.91.